The summed E-state index contributed by atoms with van der Waals surface area (Å²) in [7, 11) is 0. The predicted octanol–water partition coefficient (Wildman–Crippen LogP) is 2.15. The maximum atomic E-state index is 5.33. The van der Waals surface area contributed by atoms with E-state index in [1.165, 1.54) is 25.7 Å². The summed E-state index contributed by atoms with van der Waals surface area (Å²) in [5.74, 6) is 0. The number of hydrogen-bond donors (Lipinski definition) is 0. The summed E-state index contributed by atoms with van der Waals surface area (Å²) < 4.78 is 10.7. The van der Waals surface area contributed by atoms with Crippen LogP contribution in [0, 0.1) is 0 Å². The van der Waals surface area contributed by atoms with Crippen LogP contribution >= 0.6 is 0 Å². The van der Waals surface area contributed by atoms with Gasteiger partial charge < -0.3 is 0 Å². The van der Waals surface area contributed by atoms with E-state index in [4.69, 9.17) is 6.20 Å². The van der Waals surface area contributed by atoms with Crippen LogP contribution in [0.2, 0.25) is 0 Å². The number of unbranched alkanes of at least 4 members (excludes halogenated alkanes) is 2. The Kier molecular flexibility index (Phi) is 11.4. The van der Waals surface area contributed by atoms with Gasteiger partial charge in [-0.2, -0.15) is 0 Å². The molecule has 0 bridgehead atoms. The first kappa shape index (κ1) is 11.7. The molecule has 0 saturated heterocycles. The summed E-state index contributed by atoms with van der Waals surface area (Å²) in [6.07, 6.45) is 4.76. The van der Waals surface area contributed by atoms with Crippen molar-refractivity contribution in [1.29, 1.82) is 0 Å². The molecule has 0 aromatic heterocycles. The minimum atomic E-state index is -0.559. The fourth-order valence-electron chi connectivity index (χ4n) is 0.509. The van der Waals surface area contributed by atoms with Crippen LogP contribution in [0.1, 0.15) is 39.5 Å². The quantitative estimate of drug-likeness (QED) is 0.498. The van der Waals surface area contributed by atoms with Crippen molar-refractivity contribution in [2.24, 2.45) is 0 Å². The van der Waals surface area contributed by atoms with Gasteiger partial charge in [-0.25, -0.2) is 0 Å². The third-order valence-corrected chi connectivity index (χ3v) is 2.76. The van der Waals surface area contributed by atoms with E-state index in [0.29, 0.717) is 0 Å². The Morgan fingerprint density at radius 3 is 1.73 bits per heavy atom. The second-order valence-corrected chi connectivity index (χ2v) is 4.15. The summed E-state index contributed by atoms with van der Waals surface area (Å²) in [6.45, 7) is 6.12. The third kappa shape index (κ3) is 10.7. The van der Waals surface area contributed by atoms with Gasteiger partial charge in [0.25, 0.3) is 0 Å². The van der Waals surface area contributed by atoms with Gasteiger partial charge in [0.15, 0.2) is 0 Å². The van der Waals surface area contributed by atoms with Crippen LogP contribution in [0.4, 0.5) is 0 Å². The molecule has 0 spiro atoms. The first-order valence-electron chi connectivity index (χ1n) is 4.32. The molecule has 2 nitrogen and oxygen atoms in total. The van der Waals surface area contributed by atoms with Gasteiger partial charge in [0, 0.05) is 0 Å². The topological polar surface area (TPSA) is 18.5 Å². The monoisotopic (exact) mass is 276 g/mol. The van der Waals surface area contributed by atoms with E-state index in [1.54, 1.807) is 0 Å². The van der Waals surface area contributed by atoms with Gasteiger partial charge in [-0.1, -0.05) is 0 Å². The first-order valence-corrected chi connectivity index (χ1v) is 6.23. The number of rotatable bonds is 8. The normalized spacial score (nSPS) is 10.4. The molecule has 0 saturated carbocycles. The molecular formula is C8H18O2Te. The van der Waals surface area contributed by atoms with Crippen molar-refractivity contribution in [2.75, 3.05) is 13.2 Å². The first-order chi connectivity index (χ1) is 5.41. The minimum absolute atomic E-state index is 0.559. The van der Waals surface area contributed by atoms with Gasteiger partial charge in [-0.15, -0.1) is 0 Å². The summed E-state index contributed by atoms with van der Waals surface area (Å²) in [4.78, 5) is 0. The fourth-order valence-corrected chi connectivity index (χ4v) is 1.76. The fraction of sp³-hybridized carbons (Fsp3) is 1.00. The Bertz CT molecular complexity index is 61.1. The second-order valence-electron chi connectivity index (χ2n) is 2.42. The van der Waals surface area contributed by atoms with Crippen LogP contribution in [-0.2, 0) is 6.20 Å². The molecule has 0 heterocycles. The molecule has 0 aromatic rings. The Balaban J connectivity index is 2.69. The predicted molar refractivity (Wildman–Crippen MR) is 47.5 cm³/mol. The maximum absolute atomic E-state index is 5.33. The van der Waals surface area contributed by atoms with Gasteiger partial charge in [0.1, 0.15) is 0 Å². The molecule has 0 N–H and O–H groups in total. The van der Waals surface area contributed by atoms with E-state index < -0.39 is 21.7 Å². The molecule has 11 heavy (non-hydrogen) atoms. The van der Waals surface area contributed by atoms with Gasteiger partial charge in [-0.3, -0.25) is 0 Å². The second kappa shape index (κ2) is 10.7. The Labute approximate surface area is 80.8 Å². The van der Waals surface area contributed by atoms with Crippen LogP contribution in [-0.4, -0.2) is 35.0 Å². The molecule has 0 rings (SSSR count). The van der Waals surface area contributed by atoms with E-state index in [-0.39, 0.29) is 0 Å². The number of hydrogen-bond acceptors (Lipinski definition) is 2. The van der Waals surface area contributed by atoms with Crippen LogP contribution in [0.15, 0.2) is 0 Å². The van der Waals surface area contributed by atoms with Crippen molar-refractivity contribution in [3.63, 3.8) is 0 Å². The zero-order valence-corrected chi connectivity index (χ0v) is 9.80. The van der Waals surface area contributed by atoms with Gasteiger partial charge in [0.2, 0.25) is 0 Å². The third-order valence-electron chi connectivity index (χ3n) is 1.26. The molecule has 0 atom stereocenters. The molecule has 0 amide bonds. The summed E-state index contributed by atoms with van der Waals surface area (Å²) in [5, 5.41) is 0. The van der Waals surface area contributed by atoms with Crippen molar-refractivity contribution >= 4 is 21.7 Å². The van der Waals surface area contributed by atoms with Gasteiger partial charge in [0.05, 0.1) is 0 Å². The summed E-state index contributed by atoms with van der Waals surface area (Å²) in [6, 6.07) is 0. The van der Waals surface area contributed by atoms with Gasteiger partial charge in [-0.05, 0) is 0 Å². The molecule has 68 valence electrons. The van der Waals surface area contributed by atoms with Crippen LogP contribution in [0.3, 0.4) is 0 Å². The molecule has 0 aromatic carbocycles. The molecule has 0 aliphatic heterocycles. The Hall–Kier alpha value is 0.710. The SMILES string of the molecule is CCCCO[Te]OCCCC. The molecule has 3 heteroatoms. The van der Waals surface area contributed by atoms with Crippen molar-refractivity contribution < 1.29 is 6.20 Å². The van der Waals surface area contributed by atoms with E-state index in [1.807, 2.05) is 0 Å². The average molecular weight is 274 g/mol. The van der Waals surface area contributed by atoms with Crippen LogP contribution in [0.5, 0.6) is 0 Å². The molecule has 0 aliphatic carbocycles. The zero-order chi connectivity index (χ0) is 8.36. The van der Waals surface area contributed by atoms with Crippen molar-refractivity contribution in [3.05, 3.63) is 0 Å². The van der Waals surface area contributed by atoms with Crippen LogP contribution in [0.25, 0.3) is 0 Å². The van der Waals surface area contributed by atoms with E-state index in [2.05, 4.69) is 13.8 Å². The van der Waals surface area contributed by atoms with Crippen molar-refractivity contribution in [3.8, 4) is 0 Å². The van der Waals surface area contributed by atoms with Gasteiger partial charge >= 0.3 is 80.7 Å². The van der Waals surface area contributed by atoms with E-state index in [0.717, 1.165) is 13.2 Å². The molecule has 0 radical (unpaired) electrons. The zero-order valence-electron chi connectivity index (χ0n) is 7.47. The molecule has 0 aliphatic rings. The van der Waals surface area contributed by atoms with E-state index >= 15 is 0 Å². The van der Waals surface area contributed by atoms with E-state index in [9.17, 15) is 0 Å². The van der Waals surface area contributed by atoms with Crippen LogP contribution < -0.4 is 0 Å². The Morgan fingerprint density at radius 1 is 0.909 bits per heavy atom. The standard InChI is InChI=1S/C8H18O2Te/c1-3-5-7-9-11-10-8-6-4-2/h3-8H2,1-2H3. The molecule has 0 unspecified atom stereocenters. The average Bonchev–Trinajstić information content (AvgIpc) is 2.03. The van der Waals surface area contributed by atoms with Crippen molar-refractivity contribution in [2.45, 2.75) is 39.5 Å². The molecule has 0 fully saturated rings. The van der Waals surface area contributed by atoms with Crippen molar-refractivity contribution in [1.82, 2.24) is 0 Å². The molecular weight excluding hydrogens is 256 g/mol. The summed E-state index contributed by atoms with van der Waals surface area (Å²) >= 11 is -0.559. The Morgan fingerprint density at radius 2 is 1.36 bits per heavy atom. The summed E-state index contributed by atoms with van der Waals surface area (Å²) in [5.41, 5.74) is 0.